The predicted molar refractivity (Wildman–Crippen MR) is 105 cm³/mol. The van der Waals surface area contributed by atoms with Crippen LogP contribution in [-0.4, -0.2) is 33.5 Å². The molecule has 1 heterocycles. The summed E-state index contributed by atoms with van der Waals surface area (Å²) in [6, 6.07) is 17.5. The number of rotatable bonds is 7. The van der Waals surface area contributed by atoms with Gasteiger partial charge in [-0.15, -0.1) is 0 Å². The van der Waals surface area contributed by atoms with Crippen LogP contribution < -0.4 is 0 Å². The molecule has 3 aromatic rings. The maximum absolute atomic E-state index is 12.9. The summed E-state index contributed by atoms with van der Waals surface area (Å²) in [6.07, 6.45) is 1.42. The summed E-state index contributed by atoms with van der Waals surface area (Å²) in [5.74, 6) is 1.15. The molecule has 140 valence electrons. The summed E-state index contributed by atoms with van der Waals surface area (Å²) in [5.41, 5.74) is 2.81. The largest absolute Gasteiger partial charge is 0.339 e. The van der Waals surface area contributed by atoms with Crippen LogP contribution in [0.15, 0.2) is 59.1 Å². The molecule has 0 aliphatic heterocycles. The highest BCUT2D eigenvalue weighted by molar-refractivity contribution is 5.94. The first-order valence-corrected chi connectivity index (χ1v) is 9.34. The number of aryl methyl sites for hydroxylation is 1. The van der Waals surface area contributed by atoms with Gasteiger partial charge in [0.15, 0.2) is 0 Å². The fraction of sp³-hybridized carbons (Fsp3) is 0.318. The van der Waals surface area contributed by atoms with E-state index in [0.29, 0.717) is 30.2 Å². The highest BCUT2D eigenvalue weighted by Crippen LogP contribution is 2.17. The van der Waals surface area contributed by atoms with Crippen molar-refractivity contribution < 1.29 is 9.32 Å². The maximum Gasteiger partial charge on any atom is 0.254 e. The number of hydrogen-bond donors (Lipinski definition) is 0. The molecule has 0 bridgehead atoms. The Hall–Kier alpha value is -2.95. The number of hydrogen-bond acceptors (Lipinski definition) is 4. The van der Waals surface area contributed by atoms with E-state index < -0.39 is 0 Å². The van der Waals surface area contributed by atoms with Gasteiger partial charge >= 0.3 is 0 Å². The van der Waals surface area contributed by atoms with E-state index >= 15 is 0 Å². The van der Waals surface area contributed by atoms with Crippen LogP contribution in [0.25, 0.3) is 11.4 Å². The summed E-state index contributed by atoms with van der Waals surface area (Å²) in [4.78, 5) is 19.2. The van der Waals surface area contributed by atoms with Gasteiger partial charge < -0.3 is 9.42 Å². The van der Waals surface area contributed by atoms with E-state index in [1.807, 2.05) is 66.4 Å². The van der Waals surface area contributed by atoms with Crippen LogP contribution in [0.1, 0.15) is 42.1 Å². The normalized spacial score (nSPS) is 12.0. The van der Waals surface area contributed by atoms with E-state index in [4.69, 9.17) is 4.52 Å². The molecule has 1 atom stereocenters. The molecule has 0 aliphatic rings. The van der Waals surface area contributed by atoms with Crippen molar-refractivity contribution in [3.8, 4) is 11.4 Å². The third kappa shape index (κ3) is 4.61. The van der Waals surface area contributed by atoms with E-state index in [2.05, 4.69) is 24.0 Å². The van der Waals surface area contributed by atoms with Crippen molar-refractivity contribution in [3.63, 3.8) is 0 Å². The third-order valence-electron chi connectivity index (χ3n) is 4.75. The Kier molecular flexibility index (Phi) is 6.01. The maximum atomic E-state index is 12.9. The highest BCUT2D eigenvalue weighted by atomic mass is 16.5. The van der Waals surface area contributed by atoms with Crippen LogP contribution in [-0.2, 0) is 6.42 Å². The number of benzene rings is 2. The molecule has 27 heavy (non-hydrogen) atoms. The van der Waals surface area contributed by atoms with Crippen molar-refractivity contribution >= 4 is 5.91 Å². The van der Waals surface area contributed by atoms with Crippen LogP contribution in [0.2, 0.25) is 0 Å². The quantitative estimate of drug-likeness (QED) is 0.619. The number of amides is 1. The Bertz CT molecular complexity index is 872. The monoisotopic (exact) mass is 363 g/mol. The minimum atomic E-state index is 0.0308. The number of carbonyl (C=O) groups excluding carboxylic acids is 1. The van der Waals surface area contributed by atoms with E-state index in [1.165, 1.54) is 5.56 Å². The lowest BCUT2D eigenvalue weighted by Crippen LogP contribution is -2.39. The second kappa shape index (κ2) is 8.62. The van der Waals surface area contributed by atoms with Crippen molar-refractivity contribution in [2.45, 2.75) is 39.7 Å². The van der Waals surface area contributed by atoms with E-state index in [-0.39, 0.29) is 11.9 Å². The van der Waals surface area contributed by atoms with Crippen molar-refractivity contribution in [1.29, 1.82) is 0 Å². The zero-order chi connectivity index (χ0) is 19.2. The first-order chi connectivity index (χ1) is 13.1. The van der Waals surface area contributed by atoms with Crippen LogP contribution in [0.5, 0.6) is 0 Å². The minimum absolute atomic E-state index is 0.0308. The molecule has 0 radical (unpaired) electrons. The molecule has 1 amide bonds. The summed E-state index contributed by atoms with van der Waals surface area (Å²) in [6.45, 7) is 6.72. The van der Waals surface area contributed by atoms with Gasteiger partial charge in [0, 0.05) is 30.1 Å². The molecule has 0 fully saturated rings. The molecule has 0 spiro atoms. The molecular weight excluding hydrogens is 338 g/mol. The Balaban J connectivity index is 1.70. The molecule has 0 aliphatic carbocycles. The summed E-state index contributed by atoms with van der Waals surface area (Å²) < 4.78 is 5.40. The lowest BCUT2D eigenvalue weighted by Gasteiger charge is -2.28. The zero-order valence-corrected chi connectivity index (χ0v) is 16.1. The Morgan fingerprint density at radius 3 is 2.48 bits per heavy atom. The average molecular weight is 363 g/mol. The lowest BCUT2D eigenvalue weighted by molar-refractivity contribution is 0.0686. The van der Waals surface area contributed by atoms with Crippen molar-refractivity contribution in [1.82, 2.24) is 15.0 Å². The minimum Gasteiger partial charge on any atom is -0.339 e. The van der Waals surface area contributed by atoms with Gasteiger partial charge in [0.2, 0.25) is 11.7 Å². The average Bonchev–Trinajstić information content (AvgIpc) is 3.18. The van der Waals surface area contributed by atoms with E-state index in [0.717, 1.165) is 12.0 Å². The molecule has 3 rings (SSSR count). The van der Waals surface area contributed by atoms with Crippen molar-refractivity contribution in [2.75, 3.05) is 6.54 Å². The predicted octanol–water partition coefficient (Wildman–Crippen LogP) is 4.53. The van der Waals surface area contributed by atoms with Gasteiger partial charge in [0.25, 0.3) is 5.91 Å². The molecule has 0 unspecified atom stereocenters. The molecule has 0 saturated heterocycles. The molecule has 1 aromatic heterocycles. The molecular formula is C22H25N3O2. The fourth-order valence-electron chi connectivity index (χ4n) is 2.88. The van der Waals surface area contributed by atoms with Gasteiger partial charge in [-0.1, -0.05) is 60.1 Å². The topological polar surface area (TPSA) is 59.2 Å². The molecule has 2 aromatic carbocycles. The first kappa shape index (κ1) is 18.8. The van der Waals surface area contributed by atoms with Crippen molar-refractivity contribution in [3.05, 3.63) is 71.6 Å². The van der Waals surface area contributed by atoms with Crippen molar-refractivity contribution in [2.24, 2.45) is 0 Å². The van der Waals surface area contributed by atoms with Crippen LogP contribution >= 0.6 is 0 Å². The van der Waals surface area contributed by atoms with Crippen LogP contribution in [0.3, 0.4) is 0 Å². The van der Waals surface area contributed by atoms with Gasteiger partial charge in [0.1, 0.15) is 0 Å². The zero-order valence-electron chi connectivity index (χ0n) is 16.1. The number of carbonyl (C=O) groups is 1. The smallest absolute Gasteiger partial charge is 0.254 e. The van der Waals surface area contributed by atoms with E-state index in [9.17, 15) is 4.79 Å². The SMILES string of the molecule is CC[C@@H](C)N(CCc1nc(-c2ccc(C)cc2)no1)C(=O)c1ccccc1. The van der Waals surface area contributed by atoms with Crippen LogP contribution in [0.4, 0.5) is 0 Å². The molecule has 0 N–H and O–H groups in total. The molecule has 5 heteroatoms. The van der Waals surface area contributed by atoms with Crippen LogP contribution in [0, 0.1) is 6.92 Å². The Labute approximate surface area is 160 Å². The second-order valence-electron chi connectivity index (χ2n) is 6.75. The number of nitrogens with zero attached hydrogens (tertiary/aromatic N) is 3. The second-order valence-corrected chi connectivity index (χ2v) is 6.75. The number of aromatic nitrogens is 2. The van der Waals surface area contributed by atoms with Gasteiger partial charge in [-0.2, -0.15) is 4.98 Å². The third-order valence-corrected chi connectivity index (χ3v) is 4.75. The summed E-state index contributed by atoms with van der Waals surface area (Å²) >= 11 is 0. The van der Waals surface area contributed by atoms with Gasteiger partial charge in [-0.3, -0.25) is 4.79 Å². The first-order valence-electron chi connectivity index (χ1n) is 9.34. The Morgan fingerprint density at radius 2 is 1.81 bits per heavy atom. The van der Waals surface area contributed by atoms with Gasteiger partial charge in [-0.25, -0.2) is 0 Å². The lowest BCUT2D eigenvalue weighted by atomic mass is 10.1. The standard InChI is InChI=1S/C22H25N3O2/c1-4-17(3)25(22(26)19-8-6-5-7-9-19)15-14-20-23-21(24-27-20)18-12-10-16(2)11-13-18/h5-13,17H,4,14-15H2,1-3H3/t17-/m1/s1. The summed E-state index contributed by atoms with van der Waals surface area (Å²) in [7, 11) is 0. The van der Waals surface area contributed by atoms with Gasteiger partial charge in [-0.05, 0) is 32.4 Å². The van der Waals surface area contributed by atoms with Gasteiger partial charge in [0.05, 0.1) is 0 Å². The highest BCUT2D eigenvalue weighted by Gasteiger charge is 2.21. The Morgan fingerprint density at radius 1 is 1.11 bits per heavy atom. The molecule has 0 saturated carbocycles. The summed E-state index contributed by atoms with van der Waals surface area (Å²) in [5, 5.41) is 4.07. The van der Waals surface area contributed by atoms with E-state index in [1.54, 1.807) is 0 Å². The molecule has 5 nitrogen and oxygen atoms in total. The fourth-order valence-corrected chi connectivity index (χ4v) is 2.88.